The fraction of sp³-hybridized carbons (Fsp3) is 0.647. The molecule has 0 spiro atoms. The van der Waals surface area contributed by atoms with Crippen LogP contribution in [0.5, 0.6) is 0 Å². The first-order valence-electron chi connectivity index (χ1n) is 8.35. The number of hydrogen-bond acceptors (Lipinski definition) is 2. The molecule has 1 atom stereocenters. The zero-order chi connectivity index (χ0) is 17.7. The maximum atomic E-state index is 14.5. The van der Waals surface area contributed by atoms with Crippen LogP contribution in [0.4, 0.5) is 17.6 Å². The van der Waals surface area contributed by atoms with Gasteiger partial charge in [-0.25, -0.2) is 4.39 Å². The first-order valence-corrected chi connectivity index (χ1v) is 8.73. The molecule has 1 aliphatic rings. The Morgan fingerprint density at radius 3 is 2.31 bits per heavy atom. The summed E-state index contributed by atoms with van der Waals surface area (Å²) >= 11 is 5.76. The molecule has 1 N–H and O–H groups in total. The van der Waals surface area contributed by atoms with Crippen molar-refractivity contribution in [1.82, 2.24) is 10.2 Å². The first kappa shape index (κ1) is 25.7. The van der Waals surface area contributed by atoms with Crippen LogP contribution in [0.1, 0.15) is 49.8 Å². The van der Waals surface area contributed by atoms with Crippen molar-refractivity contribution in [3.05, 3.63) is 34.1 Å². The summed E-state index contributed by atoms with van der Waals surface area (Å²) in [7, 11) is 0. The highest BCUT2D eigenvalue weighted by atomic mass is 35.5. The molecule has 9 heteroatoms. The number of benzene rings is 1. The Bertz CT molecular complexity index is 550. The van der Waals surface area contributed by atoms with E-state index in [0.717, 1.165) is 38.4 Å². The standard InChI is InChI=1S/C17H23ClF4N2.2ClH/c1-2-3-4-5-15(24-8-6-23-7-9-24)13-10-12(17(20,21)22)11-14(18)16(13)19;;/h10-11,15,23H,2-9H2,1H3;2*1H/t15-;;/m1../s1. The third-order valence-electron chi connectivity index (χ3n) is 4.42. The molecule has 0 aliphatic carbocycles. The number of unbranched alkanes of at least 4 members (excludes halogenated alkanes) is 2. The molecular formula is C17H25Cl3F4N2. The van der Waals surface area contributed by atoms with Crippen LogP contribution in [0.3, 0.4) is 0 Å². The molecule has 0 amide bonds. The van der Waals surface area contributed by atoms with E-state index < -0.39 is 22.6 Å². The summed E-state index contributed by atoms with van der Waals surface area (Å²) < 4.78 is 53.8. The maximum Gasteiger partial charge on any atom is 0.416 e. The third-order valence-corrected chi connectivity index (χ3v) is 4.69. The number of nitrogens with zero attached hydrogens (tertiary/aromatic N) is 1. The van der Waals surface area contributed by atoms with E-state index in [9.17, 15) is 17.6 Å². The molecule has 2 rings (SSSR count). The van der Waals surface area contributed by atoms with Crippen LogP contribution < -0.4 is 5.32 Å². The SMILES string of the molecule is CCCCC[C@H](c1cc(C(F)(F)F)cc(Cl)c1F)N1CCNCC1.Cl.Cl. The van der Waals surface area contributed by atoms with Gasteiger partial charge in [-0.2, -0.15) is 13.2 Å². The minimum absolute atomic E-state index is 0. The second kappa shape index (κ2) is 11.5. The number of piperazine rings is 1. The van der Waals surface area contributed by atoms with E-state index in [4.69, 9.17) is 11.6 Å². The number of nitrogens with one attached hydrogen (secondary N) is 1. The lowest BCUT2D eigenvalue weighted by molar-refractivity contribution is -0.137. The second-order valence-electron chi connectivity index (χ2n) is 6.16. The van der Waals surface area contributed by atoms with Gasteiger partial charge in [0.05, 0.1) is 10.6 Å². The van der Waals surface area contributed by atoms with E-state index in [1.54, 1.807) is 0 Å². The Balaban J connectivity index is 0.00000312. The van der Waals surface area contributed by atoms with Crippen molar-refractivity contribution in [2.45, 2.75) is 44.8 Å². The van der Waals surface area contributed by atoms with Gasteiger partial charge < -0.3 is 5.32 Å². The Morgan fingerprint density at radius 2 is 1.77 bits per heavy atom. The van der Waals surface area contributed by atoms with Crippen LogP contribution >= 0.6 is 36.4 Å². The fourth-order valence-corrected chi connectivity index (χ4v) is 3.36. The molecule has 1 aromatic carbocycles. The molecular weight excluding hydrogens is 415 g/mol. The molecule has 0 saturated carbocycles. The van der Waals surface area contributed by atoms with Gasteiger partial charge in [0.25, 0.3) is 0 Å². The second-order valence-corrected chi connectivity index (χ2v) is 6.56. The predicted molar refractivity (Wildman–Crippen MR) is 102 cm³/mol. The van der Waals surface area contributed by atoms with E-state index >= 15 is 0 Å². The minimum atomic E-state index is -4.54. The van der Waals surface area contributed by atoms with E-state index in [0.29, 0.717) is 25.6 Å². The van der Waals surface area contributed by atoms with Crippen molar-refractivity contribution >= 4 is 36.4 Å². The number of alkyl halides is 3. The molecule has 1 aromatic rings. The van der Waals surface area contributed by atoms with Crippen LogP contribution in [0.2, 0.25) is 5.02 Å². The van der Waals surface area contributed by atoms with Crippen molar-refractivity contribution < 1.29 is 17.6 Å². The minimum Gasteiger partial charge on any atom is -0.314 e. The van der Waals surface area contributed by atoms with Crippen LogP contribution in [-0.2, 0) is 6.18 Å². The maximum absolute atomic E-state index is 14.5. The first-order chi connectivity index (χ1) is 11.3. The summed E-state index contributed by atoms with van der Waals surface area (Å²) in [6, 6.07) is 1.22. The van der Waals surface area contributed by atoms with E-state index in [1.807, 2.05) is 0 Å². The summed E-state index contributed by atoms with van der Waals surface area (Å²) in [5.41, 5.74) is -0.827. The van der Waals surface area contributed by atoms with Crippen molar-refractivity contribution in [2.75, 3.05) is 26.2 Å². The van der Waals surface area contributed by atoms with Gasteiger partial charge in [0.1, 0.15) is 5.82 Å². The summed E-state index contributed by atoms with van der Waals surface area (Å²) in [5, 5.41) is 2.75. The van der Waals surface area contributed by atoms with Crippen molar-refractivity contribution in [3.63, 3.8) is 0 Å². The zero-order valence-corrected chi connectivity index (χ0v) is 16.9. The molecule has 1 fully saturated rings. The Kier molecular flexibility index (Phi) is 11.4. The molecule has 1 saturated heterocycles. The van der Waals surface area contributed by atoms with Crippen LogP contribution in [-0.4, -0.2) is 31.1 Å². The van der Waals surface area contributed by atoms with Gasteiger partial charge in [0, 0.05) is 37.8 Å². The van der Waals surface area contributed by atoms with Gasteiger partial charge >= 0.3 is 6.18 Å². The topological polar surface area (TPSA) is 15.3 Å². The molecule has 0 unspecified atom stereocenters. The molecule has 1 heterocycles. The Labute approximate surface area is 169 Å². The summed E-state index contributed by atoms with van der Waals surface area (Å²) in [4.78, 5) is 2.06. The third kappa shape index (κ3) is 6.71. The Morgan fingerprint density at radius 1 is 1.15 bits per heavy atom. The highest BCUT2D eigenvalue weighted by Crippen LogP contribution is 2.38. The highest BCUT2D eigenvalue weighted by molar-refractivity contribution is 6.30. The molecule has 26 heavy (non-hydrogen) atoms. The molecule has 0 bridgehead atoms. The molecule has 2 nitrogen and oxygen atoms in total. The normalized spacial score (nSPS) is 16.5. The van der Waals surface area contributed by atoms with E-state index in [2.05, 4.69) is 17.1 Å². The summed E-state index contributed by atoms with van der Waals surface area (Å²) in [5.74, 6) is -0.732. The van der Waals surface area contributed by atoms with E-state index in [-0.39, 0.29) is 36.4 Å². The van der Waals surface area contributed by atoms with Gasteiger partial charge in [-0.3, -0.25) is 4.90 Å². The molecule has 152 valence electrons. The number of hydrogen-bond donors (Lipinski definition) is 1. The lowest BCUT2D eigenvalue weighted by atomic mass is 9.95. The van der Waals surface area contributed by atoms with Crippen LogP contribution in [0.15, 0.2) is 12.1 Å². The lowest BCUT2D eigenvalue weighted by Crippen LogP contribution is -2.45. The van der Waals surface area contributed by atoms with E-state index in [1.165, 1.54) is 0 Å². The monoisotopic (exact) mass is 438 g/mol. The van der Waals surface area contributed by atoms with Crippen molar-refractivity contribution in [1.29, 1.82) is 0 Å². The van der Waals surface area contributed by atoms with Gasteiger partial charge in [0.2, 0.25) is 0 Å². The predicted octanol–water partition coefficient (Wildman–Crippen LogP) is 5.87. The molecule has 0 radical (unpaired) electrons. The average Bonchev–Trinajstić information content (AvgIpc) is 2.54. The van der Waals surface area contributed by atoms with Gasteiger partial charge in [0.15, 0.2) is 0 Å². The van der Waals surface area contributed by atoms with Gasteiger partial charge in [-0.05, 0) is 18.6 Å². The van der Waals surface area contributed by atoms with Crippen LogP contribution in [0.25, 0.3) is 0 Å². The quantitative estimate of drug-likeness (QED) is 0.440. The van der Waals surface area contributed by atoms with Gasteiger partial charge in [-0.15, -0.1) is 24.8 Å². The summed E-state index contributed by atoms with van der Waals surface area (Å²) in [6.07, 6.45) is -1.10. The fourth-order valence-electron chi connectivity index (χ4n) is 3.13. The van der Waals surface area contributed by atoms with Crippen LogP contribution in [0, 0.1) is 5.82 Å². The van der Waals surface area contributed by atoms with Crippen molar-refractivity contribution in [2.24, 2.45) is 0 Å². The largest absolute Gasteiger partial charge is 0.416 e. The van der Waals surface area contributed by atoms with Gasteiger partial charge in [-0.1, -0.05) is 37.8 Å². The lowest BCUT2D eigenvalue weighted by Gasteiger charge is -2.36. The smallest absolute Gasteiger partial charge is 0.314 e. The molecule has 0 aromatic heterocycles. The average molecular weight is 440 g/mol. The number of halogens is 7. The zero-order valence-electron chi connectivity index (χ0n) is 14.5. The van der Waals surface area contributed by atoms with Crippen molar-refractivity contribution in [3.8, 4) is 0 Å². The highest BCUT2D eigenvalue weighted by Gasteiger charge is 2.34. The molecule has 1 aliphatic heterocycles. The summed E-state index contributed by atoms with van der Waals surface area (Å²) in [6.45, 7) is 4.92. The number of rotatable bonds is 6. The Hall–Kier alpha value is -0.270.